The molecule has 2 N–H and O–H groups in total. The zero-order valence-corrected chi connectivity index (χ0v) is 16.7. The molecule has 0 bridgehead atoms. The molecular formula is C21H33N5O. The smallest absolute Gasteiger partial charge is 0.193 e. The second-order valence-electron chi connectivity index (χ2n) is 7.31. The van der Waals surface area contributed by atoms with Gasteiger partial charge in [0.25, 0.3) is 0 Å². The summed E-state index contributed by atoms with van der Waals surface area (Å²) in [6.07, 6.45) is 5.51. The summed E-state index contributed by atoms with van der Waals surface area (Å²) in [5.74, 6) is 2.84. The molecule has 3 rings (SSSR count). The van der Waals surface area contributed by atoms with Gasteiger partial charge in [-0.25, -0.2) is 4.98 Å². The average molecular weight is 372 g/mol. The highest BCUT2D eigenvalue weighted by Gasteiger charge is 2.15. The molecule has 0 aliphatic carbocycles. The van der Waals surface area contributed by atoms with Crippen molar-refractivity contribution in [3.05, 3.63) is 30.1 Å². The van der Waals surface area contributed by atoms with Crippen LogP contribution >= 0.6 is 0 Å². The number of benzene rings is 1. The number of aryl methyl sites for hydroxylation is 1. The highest BCUT2D eigenvalue weighted by atomic mass is 16.5. The van der Waals surface area contributed by atoms with E-state index in [1.54, 1.807) is 0 Å². The molecule has 6 heteroatoms. The van der Waals surface area contributed by atoms with Gasteiger partial charge in [0.05, 0.1) is 11.0 Å². The van der Waals surface area contributed by atoms with Crippen molar-refractivity contribution in [3.8, 4) is 0 Å². The van der Waals surface area contributed by atoms with Crippen LogP contribution in [0.15, 0.2) is 29.3 Å². The first-order chi connectivity index (χ1) is 13.3. The maximum Gasteiger partial charge on any atom is 0.193 e. The number of aromatic amines is 1. The lowest BCUT2D eigenvalue weighted by molar-refractivity contribution is 0.0625. The Bertz CT molecular complexity index is 687. The zero-order valence-electron chi connectivity index (χ0n) is 16.7. The second-order valence-corrected chi connectivity index (χ2v) is 7.31. The van der Waals surface area contributed by atoms with Crippen LogP contribution in [0.4, 0.5) is 0 Å². The van der Waals surface area contributed by atoms with E-state index in [1.165, 1.54) is 19.3 Å². The van der Waals surface area contributed by atoms with Crippen LogP contribution in [0.25, 0.3) is 11.0 Å². The Morgan fingerprint density at radius 2 is 2.15 bits per heavy atom. The van der Waals surface area contributed by atoms with Crippen molar-refractivity contribution in [1.29, 1.82) is 0 Å². The van der Waals surface area contributed by atoms with Crippen molar-refractivity contribution < 1.29 is 4.74 Å². The van der Waals surface area contributed by atoms with Gasteiger partial charge in [0.15, 0.2) is 5.96 Å². The molecule has 6 nitrogen and oxygen atoms in total. The van der Waals surface area contributed by atoms with E-state index in [-0.39, 0.29) is 0 Å². The minimum atomic E-state index is 0.789. The third-order valence-electron chi connectivity index (χ3n) is 5.18. The molecule has 27 heavy (non-hydrogen) atoms. The van der Waals surface area contributed by atoms with E-state index >= 15 is 0 Å². The van der Waals surface area contributed by atoms with Crippen molar-refractivity contribution >= 4 is 17.0 Å². The first-order valence-corrected chi connectivity index (χ1v) is 10.3. The molecule has 0 spiro atoms. The SMILES string of the molecule is CCNC(=NCCCc1nc2ccccc2[nH]1)N(C)CCC1CCOCC1. The Labute approximate surface area is 162 Å². The van der Waals surface area contributed by atoms with Gasteiger partial charge in [0.2, 0.25) is 0 Å². The number of nitrogens with zero attached hydrogens (tertiary/aromatic N) is 3. The molecule has 2 heterocycles. The summed E-state index contributed by atoms with van der Waals surface area (Å²) < 4.78 is 5.46. The lowest BCUT2D eigenvalue weighted by atomic mass is 9.96. The van der Waals surface area contributed by atoms with Gasteiger partial charge in [-0.15, -0.1) is 0 Å². The largest absolute Gasteiger partial charge is 0.381 e. The van der Waals surface area contributed by atoms with E-state index in [4.69, 9.17) is 9.73 Å². The lowest BCUT2D eigenvalue weighted by Crippen LogP contribution is -2.40. The highest BCUT2D eigenvalue weighted by molar-refractivity contribution is 5.79. The molecule has 148 valence electrons. The van der Waals surface area contributed by atoms with E-state index in [2.05, 4.69) is 40.2 Å². The van der Waals surface area contributed by atoms with E-state index in [1.807, 2.05) is 18.2 Å². The minimum absolute atomic E-state index is 0.789. The predicted molar refractivity (Wildman–Crippen MR) is 111 cm³/mol. The van der Waals surface area contributed by atoms with Crippen LogP contribution in [0.3, 0.4) is 0 Å². The molecule has 0 amide bonds. The number of para-hydroxylation sites is 2. The Kier molecular flexibility index (Phi) is 7.51. The van der Waals surface area contributed by atoms with Crippen LogP contribution in [-0.4, -0.2) is 60.7 Å². The van der Waals surface area contributed by atoms with Crippen molar-refractivity contribution in [3.63, 3.8) is 0 Å². The molecule has 0 unspecified atom stereocenters. The van der Waals surface area contributed by atoms with Crippen molar-refractivity contribution in [1.82, 2.24) is 20.2 Å². The molecule has 2 aromatic rings. The number of H-pyrrole nitrogens is 1. The number of nitrogens with one attached hydrogen (secondary N) is 2. The molecule has 0 radical (unpaired) electrons. The first kappa shape index (κ1) is 19.7. The molecule has 1 aliphatic heterocycles. The molecule has 1 aliphatic rings. The Hall–Kier alpha value is -2.08. The van der Waals surface area contributed by atoms with E-state index in [0.717, 1.165) is 74.4 Å². The Morgan fingerprint density at radius 3 is 2.93 bits per heavy atom. The number of aromatic nitrogens is 2. The maximum absolute atomic E-state index is 5.46. The number of hydrogen-bond donors (Lipinski definition) is 2. The van der Waals surface area contributed by atoms with Gasteiger partial charge in [-0.2, -0.15) is 0 Å². The number of guanidine groups is 1. The average Bonchev–Trinajstić information content (AvgIpc) is 3.12. The first-order valence-electron chi connectivity index (χ1n) is 10.3. The molecule has 1 fully saturated rings. The third-order valence-corrected chi connectivity index (χ3v) is 5.18. The Morgan fingerprint density at radius 1 is 1.33 bits per heavy atom. The van der Waals surface area contributed by atoms with Crippen LogP contribution in [0.1, 0.15) is 38.4 Å². The second kappa shape index (κ2) is 10.3. The van der Waals surface area contributed by atoms with Crippen LogP contribution in [0.5, 0.6) is 0 Å². The lowest BCUT2D eigenvalue weighted by Gasteiger charge is -2.26. The van der Waals surface area contributed by atoms with Crippen molar-refractivity contribution in [2.75, 3.05) is 39.9 Å². The fourth-order valence-electron chi connectivity index (χ4n) is 3.54. The molecule has 1 saturated heterocycles. The van der Waals surface area contributed by atoms with Gasteiger partial charge < -0.3 is 19.9 Å². The predicted octanol–water partition coefficient (Wildman–Crippen LogP) is 3.21. The highest BCUT2D eigenvalue weighted by Crippen LogP contribution is 2.18. The number of rotatable bonds is 8. The maximum atomic E-state index is 5.46. The van der Waals surface area contributed by atoms with Gasteiger partial charge in [-0.05, 0) is 50.7 Å². The fraction of sp³-hybridized carbons (Fsp3) is 0.619. The monoisotopic (exact) mass is 371 g/mol. The molecule has 0 saturated carbocycles. The quantitative estimate of drug-likeness (QED) is 0.425. The molecule has 0 atom stereocenters. The summed E-state index contributed by atoms with van der Waals surface area (Å²) in [4.78, 5) is 15.1. The molecular weight excluding hydrogens is 338 g/mol. The van der Waals surface area contributed by atoms with Crippen LogP contribution in [0, 0.1) is 5.92 Å². The minimum Gasteiger partial charge on any atom is -0.381 e. The molecule has 1 aromatic heterocycles. The van der Waals surface area contributed by atoms with Crippen LogP contribution in [0.2, 0.25) is 0 Å². The fourth-order valence-corrected chi connectivity index (χ4v) is 3.54. The van der Waals surface area contributed by atoms with Gasteiger partial charge in [0.1, 0.15) is 5.82 Å². The molecule has 1 aromatic carbocycles. The van der Waals surface area contributed by atoms with Gasteiger partial charge in [0, 0.05) is 46.3 Å². The summed E-state index contributed by atoms with van der Waals surface area (Å²) >= 11 is 0. The van der Waals surface area contributed by atoms with Crippen LogP contribution in [-0.2, 0) is 11.2 Å². The summed E-state index contributed by atoms with van der Waals surface area (Å²) in [6.45, 7) is 6.70. The normalized spacial score (nSPS) is 16.0. The van der Waals surface area contributed by atoms with Crippen LogP contribution < -0.4 is 5.32 Å². The number of aliphatic imine (C=N–C) groups is 1. The van der Waals surface area contributed by atoms with Crippen molar-refractivity contribution in [2.24, 2.45) is 10.9 Å². The summed E-state index contributed by atoms with van der Waals surface area (Å²) in [5.41, 5.74) is 2.15. The van der Waals surface area contributed by atoms with E-state index in [9.17, 15) is 0 Å². The van der Waals surface area contributed by atoms with Gasteiger partial charge in [-0.3, -0.25) is 4.99 Å². The third kappa shape index (κ3) is 5.96. The summed E-state index contributed by atoms with van der Waals surface area (Å²) in [5, 5.41) is 3.42. The Balaban J connectivity index is 1.45. The zero-order chi connectivity index (χ0) is 18.9. The van der Waals surface area contributed by atoms with E-state index in [0.29, 0.717) is 0 Å². The topological polar surface area (TPSA) is 65.5 Å². The van der Waals surface area contributed by atoms with E-state index < -0.39 is 0 Å². The standard InChI is InChI=1S/C21H33N5O/c1-3-22-21(26(2)14-10-17-11-15-27-16-12-17)23-13-6-9-20-24-18-7-4-5-8-19(18)25-20/h4-5,7-8,17H,3,6,9-16H2,1-2H3,(H,22,23)(H,24,25). The number of imidazole rings is 1. The number of fused-ring (bicyclic) bond motifs is 1. The van der Waals surface area contributed by atoms with Crippen molar-refractivity contribution in [2.45, 2.75) is 39.0 Å². The van der Waals surface area contributed by atoms with Gasteiger partial charge >= 0.3 is 0 Å². The summed E-state index contributed by atoms with van der Waals surface area (Å²) in [7, 11) is 2.14. The number of hydrogen-bond acceptors (Lipinski definition) is 3. The van der Waals surface area contributed by atoms with Gasteiger partial charge in [-0.1, -0.05) is 12.1 Å². The number of ether oxygens (including phenoxy) is 1. The summed E-state index contributed by atoms with van der Waals surface area (Å²) in [6, 6.07) is 8.18.